The lowest BCUT2D eigenvalue weighted by atomic mass is 10.0. The number of halogens is 5. The third kappa shape index (κ3) is 3.29. The van der Waals surface area contributed by atoms with Crippen LogP contribution in [-0.2, 0) is 12.6 Å². The molecule has 1 aromatic carbocycles. The average Bonchev–Trinajstić information content (AvgIpc) is 2.42. The monoisotopic (exact) mass is 330 g/mol. The minimum atomic E-state index is -4.58. The van der Waals surface area contributed by atoms with Gasteiger partial charge in [-0.3, -0.25) is 0 Å². The average molecular weight is 331 g/mol. The molecule has 21 heavy (non-hydrogen) atoms. The van der Waals surface area contributed by atoms with Crippen LogP contribution < -0.4 is 0 Å². The zero-order chi connectivity index (χ0) is 15.6. The van der Waals surface area contributed by atoms with E-state index in [-0.39, 0.29) is 27.7 Å². The Bertz CT molecular complexity index is 721. The summed E-state index contributed by atoms with van der Waals surface area (Å²) >= 11 is 11.9. The van der Waals surface area contributed by atoms with Crippen LogP contribution >= 0.6 is 23.2 Å². The van der Waals surface area contributed by atoms with Gasteiger partial charge in [0.2, 0.25) is 0 Å². The summed E-state index contributed by atoms with van der Waals surface area (Å²) in [5.41, 5.74) is -0.413. The van der Waals surface area contributed by atoms with Crippen molar-refractivity contribution in [3.63, 3.8) is 0 Å². The fourth-order valence-corrected chi connectivity index (χ4v) is 2.18. The second-order valence-electron chi connectivity index (χ2n) is 4.14. The highest BCUT2D eigenvalue weighted by Crippen LogP contribution is 2.36. The number of hydrogen-bond acceptors (Lipinski definition) is 2. The molecule has 2 rings (SSSR count). The molecule has 0 saturated carbocycles. The number of nitriles is 1. The summed E-state index contributed by atoms with van der Waals surface area (Å²) < 4.78 is 38.4. The van der Waals surface area contributed by atoms with Crippen LogP contribution in [0.4, 0.5) is 13.2 Å². The smallest absolute Gasteiger partial charge is 0.243 e. The van der Waals surface area contributed by atoms with E-state index in [1.54, 1.807) is 6.07 Å². The molecule has 0 aliphatic rings. The van der Waals surface area contributed by atoms with Gasteiger partial charge >= 0.3 is 6.18 Å². The van der Waals surface area contributed by atoms with E-state index in [0.29, 0.717) is 5.56 Å². The van der Waals surface area contributed by atoms with Crippen molar-refractivity contribution in [1.29, 1.82) is 5.26 Å². The molecule has 2 aromatic rings. The number of hydrogen-bond donors (Lipinski definition) is 0. The Morgan fingerprint density at radius 3 is 2.48 bits per heavy atom. The second kappa shape index (κ2) is 5.92. The zero-order valence-electron chi connectivity index (χ0n) is 10.4. The molecule has 0 unspecified atom stereocenters. The highest BCUT2D eigenvalue weighted by molar-refractivity contribution is 6.43. The van der Waals surface area contributed by atoms with Crippen LogP contribution in [-0.4, -0.2) is 4.98 Å². The van der Waals surface area contributed by atoms with Crippen molar-refractivity contribution in [3.05, 3.63) is 51.6 Å². The summed E-state index contributed by atoms with van der Waals surface area (Å²) in [5, 5.41) is 9.09. The molecule has 0 bridgehead atoms. The molecule has 0 spiro atoms. The lowest BCUT2D eigenvalue weighted by Crippen LogP contribution is -2.09. The van der Waals surface area contributed by atoms with Crippen LogP contribution in [0.25, 0.3) is 11.3 Å². The summed E-state index contributed by atoms with van der Waals surface area (Å²) in [6.45, 7) is 0. The van der Waals surface area contributed by atoms with E-state index in [9.17, 15) is 13.2 Å². The number of aromatic nitrogens is 1. The van der Waals surface area contributed by atoms with Crippen LogP contribution in [0.2, 0.25) is 10.0 Å². The first kappa shape index (κ1) is 15.6. The lowest BCUT2D eigenvalue weighted by Gasteiger charge is -2.12. The standard InChI is InChI=1S/C14H7Cl2F3N2/c15-10-3-1-2-9(12(10)16)13-8(6-7-20)4-5-11(21-13)14(17,18)19/h1-5H,6H2. The van der Waals surface area contributed by atoms with Gasteiger partial charge in [0, 0.05) is 5.56 Å². The Kier molecular flexibility index (Phi) is 4.40. The summed E-state index contributed by atoms with van der Waals surface area (Å²) in [6, 6.07) is 8.55. The molecule has 0 saturated heterocycles. The van der Waals surface area contributed by atoms with Crippen molar-refractivity contribution in [2.45, 2.75) is 12.6 Å². The topological polar surface area (TPSA) is 36.7 Å². The van der Waals surface area contributed by atoms with Gasteiger partial charge in [-0.25, -0.2) is 4.98 Å². The van der Waals surface area contributed by atoms with E-state index in [4.69, 9.17) is 28.5 Å². The van der Waals surface area contributed by atoms with Crippen LogP contribution in [0.15, 0.2) is 30.3 Å². The molecule has 108 valence electrons. The van der Waals surface area contributed by atoms with E-state index in [1.165, 1.54) is 18.2 Å². The molecular formula is C14H7Cl2F3N2. The quantitative estimate of drug-likeness (QED) is 0.764. The van der Waals surface area contributed by atoms with Crippen molar-refractivity contribution < 1.29 is 13.2 Å². The van der Waals surface area contributed by atoms with Gasteiger partial charge in [0.15, 0.2) is 0 Å². The fraction of sp³-hybridized carbons (Fsp3) is 0.143. The molecule has 0 atom stereocenters. The molecule has 0 radical (unpaired) electrons. The molecule has 2 nitrogen and oxygen atoms in total. The molecule has 0 amide bonds. The highest BCUT2D eigenvalue weighted by atomic mass is 35.5. The van der Waals surface area contributed by atoms with Crippen molar-refractivity contribution in [2.75, 3.05) is 0 Å². The minimum Gasteiger partial charge on any atom is -0.243 e. The number of alkyl halides is 3. The van der Waals surface area contributed by atoms with Gasteiger partial charge in [-0.15, -0.1) is 0 Å². The number of pyridine rings is 1. The van der Waals surface area contributed by atoms with E-state index >= 15 is 0 Å². The Labute approximate surface area is 128 Å². The molecule has 7 heteroatoms. The van der Waals surface area contributed by atoms with E-state index in [0.717, 1.165) is 6.07 Å². The van der Waals surface area contributed by atoms with E-state index < -0.39 is 11.9 Å². The van der Waals surface area contributed by atoms with Gasteiger partial charge < -0.3 is 0 Å². The van der Waals surface area contributed by atoms with Crippen molar-refractivity contribution >= 4 is 23.2 Å². The molecule has 1 aromatic heterocycles. The molecular weight excluding hydrogens is 324 g/mol. The van der Waals surface area contributed by atoms with Gasteiger partial charge in [-0.05, 0) is 17.7 Å². The van der Waals surface area contributed by atoms with Gasteiger partial charge in [0.1, 0.15) is 5.69 Å². The van der Waals surface area contributed by atoms with Crippen molar-refractivity contribution in [1.82, 2.24) is 4.98 Å². The summed E-state index contributed by atoms with van der Waals surface area (Å²) in [6.07, 6.45) is -4.66. The number of benzene rings is 1. The van der Waals surface area contributed by atoms with Crippen LogP contribution in [0.5, 0.6) is 0 Å². The normalized spacial score (nSPS) is 11.2. The highest BCUT2D eigenvalue weighted by Gasteiger charge is 2.33. The Morgan fingerprint density at radius 1 is 1.14 bits per heavy atom. The predicted molar refractivity (Wildman–Crippen MR) is 74.0 cm³/mol. The Morgan fingerprint density at radius 2 is 1.86 bits per heavy atom. The molecule has 1 heterocycles. The molecule has 0 N–H and O–H groups in total. The minimum absolute atomic E-state index is 0.0128. The maximum absolute atomic E-state index is 12.8. The maximum Gasteiger partial charge on any atom is 0.433 e. The van der Waals surface area contributed by atoms with Gasteiger partial charge in [0.05, 0.1) is 28.2 Å². The summed E-state index contributed by atoms with van der Waals surface area (Å²) in [4.78, 5) is 3.62. The Hall–Kier alpha value is -1.77. The zero-order valence-corrected chi connectivity index (χ0v) is 11.9. The van der Waals surface area contributed by atoms with Crippen LogP contribution in [0.3, 0.4) is 0 Å². The van der Waals surface area contributed by atoms with Gasteiger partial charge in [0.25, 0.3) is 0 Å². The van der Waals surface area contributed by atoms with Gasteiger partial charge in [-0.1, -0.05) is 41.4 Å². The first-order valence-corrected chi connectivity index (χ1v) is 6.48. The van der Waals surface area contributed by atoms with Crippen molar-refractivity contribution in [3.8, 4) is 17.3 Å². The third-order valence-electron chi connectivity index (χ3n) is 2.75. The van der Waals surface area contributed by atoms with E-state index in [2.05, 4.69) is 4.98 Å². The number of nitrogens with zero attached hydrogens (tertiary/aromatic N) is 2. The van der Waals surface area contributed by atoms with Crippen LogP contribution in [0.1, 0.15) is 11.3 Å². The fourth-order valence-electron chi connectivity index (χ4n) is 1.79. The van der Waals surface area contributed by atoms with Crippen LogP contribution in [0, 0.1) is 11.3 Å². The largest absolute Gasteiger partial charge is 0.433 e. The molecule has 0 fully saturated rings. The SMILES string of the molecule is N#CCc1ccc(C(F)(F)F)nc1-c1cccc(Cl)c1Cl. The lowest BCUT2D eigenvalue weighted by molar-refractivity contribution is -0.141. The molecule has 0 aliphatic carbocycles. The predicted octanol–water partition coefficient (Wildman–Crippen LogP) is 5.14. The first-order chi connectivity index (χ1) is 9.84. The van der Waals surface area contributed by atoms with Crippen molar-refractivity contribution in [2.24, 2.45) is 0 Å². The maximum atomic E-state index is 12.8. The summed E-state index contributed by atoms with van der Waals surface area (Å²) in [7, 11) is 0. The first-order valence-electron chi connectivity index (χ1n) is 5.73. The third-order valence-corrected chi connectivity index (χ3v) is 3.56. The Balaban J connectivity index is 2.70. The van der Waals surface area contributed by atoms with E-state index in [1.807, 2.05) is 6.07 Å². The van der Waals surface area contributed by atoms with Gasteiger partial charge in [-0.2, -0.15) is 18.4 Å². The second-order valence-corrected chi connectivity index (χ2v) is 4.92. The number of rotatable bonds is 2. The molecule has 0 aliphatic heterocycles. The summed E-state index contributed by atoms with van der Waals surface area (Å²) in [5.74, 6) is 0.